The van der Waals surface area contributed by atoms with Gasteiger partial charge in [-0.05, 0) is 30.5 Å². The third-order valence-electron chi connectivity index (χ3n) is 4.46. The topological polar surface area (TPSA) is 83.2 Å². The molecule has 0 aliphatic heterocycles. The lowest BCUT2D eigenvalue weighted by Crippen LogP contribution is -2.24. The minimum absolute atomic E-state index is 0.136. The molecule has 1 aliphatic carbocycles. The van der Waals surface area contributed by atoms with Crippen LogP contribution in [0.15, 0.2) is 34.5 Å². The van der Waals surface area contributed by atoms with Crippen molar-refractivity contribution in [2.75, 3.05) is 5.75 Å². The van der Waals surface area contributed by atoms with E-state index in [9.17, 15) is 23.1 Å². The summed E-state index contributed by atoms with van der Waals surface area (Å²) in [6, 6.07) is 4.81. The number of hydrogen-bond acceptors (Lipinski definition) is 6. The first-order valence-electron chi connectivity index (χ1n) is 8.84. The highest BCUT2D eigenvalue weighted by atomic mass is 32.2. The summed E-state index contributed by atoms with van der Waals surface area (Å²) in [5.74, 6) is -0.830. The summed E-state index contributed by atoms with van der Waals surface area (Å²) < 4.78 is 40.1. The van der Waals surface area contributed by atoms with Gasteiger partial charge >= 0.3 is 6.18 Å². The van der Waals surface area contributed by atoms with Crippen LogP contribution in [0.1, 0.15) is 55.0 Å². The molecule has 1 aromatic carbocycles. The lowest BCUT2D eigenvalue weighted by Gasteiger charge is -2.20. The van der Waals surface area contributed by atoms with E-state index in [1.807, 2.05) is 0 Å². The van der Waals surface area contributed by atoms with Crippen LogP contribution < -0.4 is 5.11 Å². The summed E-state index contributed by atoms with van der Waals surface area (Å²) in [7, 11) is 0. The van der Waals surface area contributed by atoms with Crippen molar-refractivity contribution < 1.29 is 23.1 Å². The van der Waals surface area contributed by atoms with Crippen LogP contribution in [-0.2, 0) is 11.0 Å². The van der Waals surface area contributed by atoms with E-state index in [1.165, 1.54) is 23.0 Å². The fourth-order valence-electron chi connectivity index (χ4n) is 3.13. The monoisotopic (exact) mass is 411 g/mol. The summed E-state index contributed by atoms with van der Waals surface area (Å²) in [5, 5.41) is 23.5. The van der Waals surface area contributed by atoms with E-state index in [1.54, 1.807) is 0 Å². The molecule has 0 amide bonds. The zero-order chi connectivity index (χ0) is 20.1. The van der Waals surface area contributed by atoms with Crippen molar-refractivity contribution in [1.29, 1.82) is 0 Å². The average molecular weight is 411 g/mol. The van der Waals surface area contributed by atoms with Gasteiger partial charge < -0.3 is 9.90 Å². The van der Waals surface area contributed by atoms with Gasteiger partial charge in [0.15, 0.2) is 5.82 Å². The maximum absolute atomic E-state index is 12.9. The van der Waals surface area contributed by atoms with E-state index in [-0.39, 0.29) is 22.4 Å². The highest BCUT2D eigenvalue weighted by Gasteiger charge is 2.30. The van der Waals surface area contributed by atoms with Crippen LogP contribution in [0.5, 0.6) is 0 Å². The molecule has 0 N–H and O–H groups in total. The number of thioether (sulfide) groups is 1. The van der Waals surface area contributed by atoms with Gasteiger partial charge in [0.25, 0.3) is 0 Å². The Labute approximate surface area is 163 Å². The number of carbonyl (C=O) groups is 1. The third-order valence-corrected chi connectivity index (χ3v) is 5.35. The number of carbonyl (C=O) groups excluding carboxylic acids is 1. The smallest absolute Gasteiger partial charge is 0.416 e. The molecule has 10 heteroatoms. The molecular formula is C18H18F3N4O2S-. The van der Waals surface area contributed by atoms with Gasteiger partial charge in [-0.3, -0.25) is 0 Å². The van der Waals surface area contributed by atoms with Crippen molar-refractivity contribution in [3.8, 4) is 0 Å². The zero-order valence-corrected chi connectivity index (χ0v) is 15.7. The van der Waals surface area contributed by atoms with Gasteiger partial charge in [0.05, 0.1) is 17.7 Å². The first-order valence-corrected chi connectivity index (χ1v) is 9.82. The predicted molar refractivity (Wildman–Crippen MR) is 96.0 cm³/mol. The van der Waals surface area contributed by atoms with Crippen molar-refractivity contribution in [3.63, 3.8) is 0 Å². The first kappa shape index (κ1) is 20.4. The van der Waals surface area contributed by atoms with Gasteiger partial charge in [-0.15, -0.1) is 10.2 Å². The molecule has 0 bridgehead atoms. The minimum atomic E-state index is -4.44. The number of aromatic nitrogens is 3. The molecule has 0 spiro atoms. The third kappa shape index (κ3) is 5.12. The highest BCUT2D eigenvalue weighted by Crippen LogP contribution is 2.33. The van der Waals surface area contributed by atoms with Crippen LogP contribution in [0.3, 0.4) is 0 Å². The number of hydrogen-bond donors (Lipinski definition) is 0. The number of alkyl halides is 3. The highest BCUT2D eigenvalue weighted by molar-refractivity contribution is 7.99. The van der Waals surface area contributed by atoms with E-state index in [0.29, 0.717) is 5.82 Å². The second-order valence-corrected chi connectivity index (χ2v) is 7.46. The molecule has 1 aliphatic rings. The van der Waals surface area contributed by atoms with Crippen LogP contribution in [0, 0.1) is 0 Å². The molecule has 0 radical (unpaired) electrons. The van der Waals surface area contributed by atoms with E-state index in [4.69, 9.17) is 0 Å². The predicted octanol–water partition coefficient (Wildman–Crippen LogP) is 3.07. The van der Waals surface area contributed by atoms with Crippen LogP contribution in [0.4, 0.5) is 13.2 Å². The van der Waals surface area contributed by atoms with Gasteiger partial charge in [-0.25, -0.2) is 0 Å². The second-order valence-electron chi connectivity index (χ2n) is 6.52. The van der Waals surface area contributed by atoms with Crippen molar-refractivity contribution >= 4 is 23.9 Å². The maximum atomic E-state index is 12.9. The molecule has 3 rings (SSSR count). The van der Waals surface area contributed by atoms with Gasteiger partial charge in [-0.1, -0.05) is 43.2 Å². The molecule has 2 aromatic rings. The Bertz CT molecular complexity index is 861. The Hall–Kier alpha value is -2.36. The van der Waals surface area contributed by atoms with Crippen LogP contribution in [-0.4, -0.2) is 32.8 Å². The van der Waals surface area contributed by atoms with E-state index in [0.717, 1.165) is 56.0 Å². The molecule has 0 saturated heterocycles. The Morgan fingerprint density at radius 1 is 1.29 bits per heavy atom. The first-order chi connectivity index (χ1) is 13.3. The fraction of sp³-hybridized carbons (Fsp3) is 0.444. The molecule has 28 heavy (non-hydrogen) atoms. The lowest BCUT2D eigenvalue weighted by molar-refractivity contribution is -0.301. The molecule has 0 unspecified atom stereocenters. The Balaban J connectivity index is 1.90. The summed E-state index contributed by atoms with van der Waals surface area (Å²) in [6.07, 6.45) is 1.94. The van der Waals surface area contributed by atoms with Crippen molar-refractivity contribution in [1.82, 2.24) is 14.9 Å². The number of carboxylic acid groups (broad SMARTS) is 1. The largest absolute Gasteiger partial charge is 0.549 e. The normalized spacial score (nSPS) is 16.0. The van der Waals surface area contributed by atoms with Crippen molar-refractivity contribution in [3.05, 3.63) is 41.2 Å². The average Bonchev–Trinajstić information content (AvgIpc) is 3.08. The summed E-state index contributed by atoms with van der Waals surface area (Å²) in [6.45, 7) is 0. The van der Waals surface area contributed by atoms with Gasteiger partial charge in [0.1, 0.15) is 0 Å². The molecule has 1 aromatic heterocycles. The number of nitrogens with zero attached hydrogens (tertiary/aromatic N) is 4. The van der Waals surface area contributed by atoms with Gasteiger partial charge in [0.2, 0.25) is 5.16 Å². The number of carboxylic acids is 1. The Morgan fingerprint density at radius 3 is 2.71 bits per heavy atom. The summed E-state index contributed by atoms with van der Waals surface area (Å²) in [5.41, 5.74) is -0.492. The van der Waals surface area contributed by atoms with Gasteiger partial charge in [-0.2, -0.15) is 22.9 Å². The minimum Gasteiger partial charge on any atom is -0.549 e. The molecular weight excluding hydrogens is 393 g/mol. The van der Waals surface area contributed by atoms with Crippen LogP contribution >= 0.6 is 11.8 Å². The quantitative estimate of drug-likeness (QED) is 0.539. The number of halogens is 3. The molecule has 0 atom stereocenters. The zero-order valence-electron chi connectivity index (χ0n) is 14.9. The second kappa shape index (κ2) is 8.76. The number of benzene rings is 1. The maximum Gasteiger partial charge on any atom is 0.416 e. The standard InChI is InChI=1S/C18H19F3N4O2S/c19-18(20,21)14-8-4-5-12(9-14)10-22-25-16(13-6-2-1-3-7-13)23-24-17(25)28-11-15(26)27/h4-5,8-10,13H,1-3,6-7,11H2,(H,26,27)/p-1/b22-10-. The van der Waals surface area contributed by atoms with Crippen molar-refractivity contribution in [2.45, 2.75) is 49.4 Å². The van der Waals surface area contributed by atoms with Crippen LogP contribution in [0.2, 0.25) is 0 Å². The molecule has 1 saturated carbocycles. The van der Waals surface area contributed by atoms with E-state index >= 15 is 0 Å². The summed E-state index contributed by atoms with van der Waals surface area (Å²) in [4.78, 5) is 10.8. The van der Waals surface area contributed by atoms with E-state index < -0.39 is 17.7 Å². The fourth-order valence-corrected chi connectivity index (χ4v) is 3.74. The number of rotatable bonds is 6. The van der Waals surface area contributed by atoms with Gasteiger partial charge in [0, 0.05) is 11.7 Å². The lowest BCUT2D eigenvalue weighted by atomic mass is 9.89. The van der Waals surface area contributed by atoms with Crippen molar-refractivity contribution in [2.24, 2.45) is 5.10 Å². The molecule has 150 valence electrons. The Kier molecular flexibility index (Phi) is 6.38. The SMILES string of the molecule is O=C([O-])CSc1nnc(C2CCCCC2)n1/N=C\c1cccc(C(F)(F)F)c1. The van der Waals surface area contributed by atoms with E-state index in [2.05, 4.69) is 15.3 Å². The Morgan fingerprint density at radius 2 is 2.04 bits per heavy atom. The van der Waals surface area contributed by atoms with Crippen LogP contribution in [0.25, 0.3) is 0 Å². The number of aliphatic carboxylic acids is 1. The molecule has 1 heterocycles. The molecule has 6 nitrogen and oxygen atoms in total. The summed E-state index contributed by atoms with van der Waals surface area (Å²) >= 11 is 0.916. The molecule has 1 fully saturated rings.